The van der Waals surface area contributed by atoms with Crippen LogP contribution in [-0.4, -0.2) is 41.9 Å². The molecule has 0 spiro atoms. The lowest BCUT2D eigenvalue weighted by atomic mass is 10.0. The number of rotatable bonds is 12. The Balaban J connectivity index is 1.47. The SMILES string of the molecule is COc1cc(-n2cnc3cc(-c4ccc(Cl)cc4)sc3c2=O)ccc1OCC(C)OC(=O)[C@@H](C)CCCCN. The highest BCUT2D eigenvalue weighted by Crippen LogP contribution is 2.33. The molecule has 0 aliphatic carbocycles. The Labute approximate surface area is 236 Å². The summed E-state index contributed by atoms with van der Waals surface area (Å²) in [6.45, 7) is 4.42. The fourth-order valence-electron chi connectivity index (χ4n) is 4.05. The van der Waals surface area contributed by atoms with Gasteiger partial charge in [-0.1, -0.05) is 37.1 Å². The molecule has 4 aromatic rings. The zero-order chi connectivity index (χ0) is 27.9. The lowest BCUT2D eigenvalue weighted by Gasteiger charge is -2.18. The fourth-order valence-corrected chi connectivity index (χ4v) is 5.22. The van der Waals surface area contributed by atoms with Crippen LogP contribution in [0.2, 0.25) is 5.02 Å². The molecule has 1 unspecified atom stereocenters. The summed E-state index contributed by atoms with van der Waals surface area (Å²) in [5, 5.41) is 0.654. The van der Waals surface area contributed by atoms with Crippen LogP contribution in [0.3, 0.4) is 0 Å². The monoisotopic (exact) mass is 569 g/mol. The van der Waals surface area contributed by atoms with Gasteiger partial charge in [0.15, 0.2) is 11.5 Å². The zero-order valence-electron chi connectivity index (χ0n) is 22.2. The van der Waals surface area contributed by atoms with Gasteiger partial charge in [0.1, 0.15) is 23.7 Å². The first-order chi connectivity index (χ1) is 18.8. The van der Waals surface area contributed by atoms with E-state index in [-0.39, 0.29) is 24.1 Å². The first-order valence-corrected chi connectivity index (χ1v) is 14.0. The number of halogens is 1. The molecule has 0 aliphatic rings. The van der Waals surface area contributed by atoms with E-state index in [0.29, 0.717) is 39.0 Å². The van der Waals surface area contributed by atoms with Gasteiger partial charge in [0.25, 0.3) is 5.56 Å². The van der Waals surface area contributed by atoms with Crippen molar-refractivity contribution in [2.75, 3.05) is 20.3 Å². The van der Waals surface area contributed by atoms with Crippen LogP contribution in [0, 0.1) is 5.92 Å². The number of hydrogen-bond donors (Lipinski definition) is 1. The van der Waals surface area contributed by atoms with Crippen LogP contribution in [0.5, 0.6) is 11.5 Å². The molecule has 0 saturated heterocycles. The van der Waals surface area contributed by atoms with Crippen LogP contribution in [-0.2, 0) is 9.53 Å². The molecular weight excluding hydrogens is 538 g/mol. The standard InChI is InChI=1S/C29H32ClN3O5S/c1-18(6-4-5-13-31)29(35)38-19(2)16-37-24-12-11-22(14-25(24)36-3)33-17-32-23-15-26(39-27(23)28(33)34)20-7-9-21(30)10-8-20/h7-12,14-15,17-19H,4-6,13,16,31H2,1-3H3/t18-,19?/m0/s1. The number of ether oxygens (including phenoxy) is 3. The van der Waals surface area contributed by atoms with Gasteiger partial charge in [0, 0.05) is 16.0 Å². The summed E-state index contributed by atoms with van der Waals surface area (Å²) in [6, 6.07) is 14.6. The van der Waals surface area contributed by atoms with Gasteiger partial charge in [-0.2, -0.15) is 0 Å². The Bertz CT molecular complexity index is 1480. The number of unbranched alkanes of at least 4 members (excludes halogenated alkanes) is 1. The molecule has 0 bridgehead atoms. The van der Waals surface area contributed by atoms with E-state index in [1.165, 1.54) is 29.3 Å². The zero-order valence-corrected chi connectivity index (χ0v) is 23.8. The van der Waals surface area contributed by atoms with Crippen LogP contribution in [0.25, 0.3) is 26.3 Å². The van der Waals surface area contributed by atoms with Gasteiger partial charge >= 0.3 is 5.97 Å². The number of hydrogen-bond acceptors (Lipinski definition) is 8. The maximum atomic E-state index is 13.4. The van der Waals surface area contributed by atoms with E-state index in [4.69, 9.17) is 31.5 Å². The molecule has 39 heavy (non-hydrogen) atoms. The third-order valence-corrected chi connectivity index (χ3v) is 7.69. The number of carbonyl (C=O) groups is 1. The number of carbonyl (C=O) groups excluding carboxylic acids is 1. The Morgan fingerprint density at radius 2 is 1.87 bits per heavy atom. The molecule has 206 valence electrons. The minimum Gasteiger partial charge on any atom is -0.493 e. The van der Waals surface area contributed by atoms with Crippen molar-refractivity contribution in [3.63, 3.8) is 0 Å². The highest BCUT2D eigenvalue weighted by atomic mass is 35.5. The van der Waals surface area contributed by atoms with E-state index in [0.717, 1.165) is 29.7 Å². The van der Waals surface area contributed by atoms with E-state index < -0.39 is 6.10 Å². The summed E-state index contributed by atoms with van der Waals surface area (Å²) in [5.74, 6) is 0.479. The highest BCUT2D eigenvalue weighted by molar-refractivity contribution is 7.22. The van der Waals surface area contributed by atoms with Gasteiger partial charge in [0.2, 0.25) is 0 Å². The predicted octanol–water partition coefficient (Wildman–Crippen LogP) is 5.85. The number of benzene rings is 2. The number of thiophene rings is 1. The van der Waals surface area contributed by atoms with Crippen molar-refractivity contribution < 1.29 is 19.0 Å². The maximum absolute atomic E-state index is 13.4. The van der Waals surface area contributed by atoms with Crippen LogP contribution in [0.15, 0.2) is 59.7 Å². The lowest BCUT2D eigenvalue weighted by molar-refractivity contribution is -0.154. The number of nitrogens with two attached hydrogens (primary N) is 1. The van der Waals surface area contributed by atoms with Crippen molar-refractivity contribution in [3.05, 3.63) is 70.2 Å². The van der Waals surface area contributed by atoms with Crippen LogP contribution >= 0.6 is 22.9 Å². The first kappa shape index (κ1) is 28.6. The van der Waals surface area contributed by atoms with Crippen LogP contribution in [0.4, 0.5) is 0 Å². The number of esters is 1. The molecule has 0 fully saturated rings. The Morgan fingerprint density at radius 3 is 2.59 bits per heavy atom. The molecule has 4 rings (SSSR count). The summed E-state index contributed by atoms with van der Waals surface area (Å²) < 4.78 is 19.0. The van der Waals surface area contributed by atoms with Crippen molar-refractivity contribution in [2.24, 2.45) is 11.7 Å². The highest BCUT2D eigenvalue weighted by Gasteiger charge is 2.19. The summed E-state index contributed by atoms with van der Waals surface area (Å²) in [6.07, 6.45) is 3.59. The minimum atomic E-state index is -0.443. The molecule has 2 aromatic carbocycles. The minimum absolute atomic E-state index is 0.160. The lowest BCUT2D eigenvalue weighted by Crippen LogP contribution is -2.25. The average molecular weight is 570 g/mol. The van der Waals surface area contributed by atoms with Crippen molar-refractivity contribution >= 4 is 39.1 Å². The smallest absolute Gasteiger partial charge is 0.309 e. The van der Waals surface area contributed by atoms with Crippen molar-refractivity contribution in [3.8, 4) is 27.6 Å². The predicted molar refractivity (Wildman–Crippen MR) is 155 cm³/mol. The summed E-state index contributed by atoms with van der Waals surface area (Å²) in [5.41, 5.74) is 7.54. The average Bonchev–Trinajstić information content (AvgIpc) is 3.38. The molecule has 2 aromatic heterocycles. The summed E-state index contributed by atoms with van der Waals surface area (Å²) >= 11 is 7.39. The van der Waals surface area contributed by atoms with Gasteiger partial charge in [-0.05, 0) is 62.2 Å². The second-order valence-electron chi connectivity index (χ2n) is 9.33. The maximum Gasteiger partial charge on any atom is 0.309 e. The van der Waals surface area contributed by atoms with Crippen molar-refractivity contribution in [1.82, 2.24) is 9.55 Å². The number of methoxy groups -OCH3 is 1. The van der Waals surface area contributed by atoms with E-state index >= 15 is 0 Å². The van der Waals surface area contributed by atoms with Gasteiger partial charge in [-0.25, -0.2) is 4.98 Å². The molecular formula is C29H32ClN3O5S. The quantitative estimate of drug-likeness (QED) is 0.168. The topological polar surface area (TPSA) is 106 Å². The molecule has 0 amide bonds. The van der Waals surface area contributed by atoms with Gasteiger partial charge in [0.05, 0.1) is 24.2 Å². The first-order valence-electron chi connectivity index (χ1n) is 12.8. The molecule has 0 saturated carbocycles. The number of aromatic nitrogens is 2. The van der Waals surface area contributed by atoms with E-state index in [1.54, 1.807) is 25.1 Å². The van der Waals surface area contributed by atoms with Crippen LogP contribution < -0.4 is 20.8 Å². The van der Waals surface area contributed by atoms with Crippen LogP contribution in [0.1, 0.15) is 33.1 Å². The van der Waals surface area contributed by atoms with Gasteiger partial charge in [-0.15, -0.1) is 11.3 Å². The normalized spacial score (nSPS) is 12.7. The Hall–Kier alpha value is -3.40. The molecule has 2 atom stereocenters. The van der Waals surface area contributed by atoms with Gasteiger partial charge < -0.3 is 19.9 Å². The number of nitrogens with zero attached hydrogens (tertiary/aromatic N) is 2. The van der Waals surface area contributed by atoms with E-state index in [1.807, 2.05) is 37.3 Å². The largest absolute Gasteiger partial charge is 0.493 e. The summed E-state index contributed by atoms with van der Waals surface area (Å²) in [7, 11) is 1.53. The fraction of sp³-hybridized carbons (Fsp3) is 0.345. The molecule has 2 heterocycles. The molecule has 10 heteroatoms. The number of fused-ring (bicyclic) bond motifs is 1. The molecule has 0 radical (unpaired) electrons. The summed E-state index contributed by atoms with van der Waals surface area (Å²) in [4.78, 5) is 31.1. The molecule has 8 nitrogen and oxygen atoms in total. The van der Waals surface area contributed by atoms with Crippen molar-refractivity contribution in [1.29, 1.82) is 0 Å². The van der Waals surface area contributed by atoms with E-state index in [2.05, 4.69) is 4.98 Å². The second kappa shape index (κ2) is 13.1. The Kier molecular flexibility index (Phi) is 9.61. The third-order valence-electron chi connectivity index (χ3n) is 6.28. The second-order valence-corrected chi connectivity index (χ2v) is 10.8. The van der Waals surface area contributed by atoms with E-state index in [9.17, 15) is 9.59 Å². The Morgan fingerprint density at radius 1 is 1.10 bits per heavy atom. The third kappa shape index (κ3) is 6.98. The van der Waals surface area contributed by atoms with Crippen molar-refractivity contribution in [2.45, 2.75) is 39.2 Å². The molecule has 2 N–H and O–H groups in total. The van der Waals surface area contributed by atoms with Gasteiger partial charge in [-0.3, -0.25) is 14.2 Å². The molecule has 0 aliphatic heterocycles.